The highest BCUT2D eigenvalue weighted by Crippen LogP contribution is 2.24. The fourth-order valence-electron chi connectivity index (χ4n) is 1.48. The first-order valence-electron chi connectivity index (χ1n) is 5.38. The molecule has 1 aromatic rings. The van der Waals surface area contributed by atoms with Gasteiger partial charge in [0.25, 0.3) is 5.91 Å². The Morgan fingerprint density at radius 3 is 2.65 bits per heavy atom. The second kappa shape index (κ2) is 5.73. The molecule has 0 atom stereocenters. The summed E-state index contributed by atoms with van der Waals surface area (Å²) in [5.41, 5.74) is 1.39. The van der Waals surface area contributed by atoms with Crippen LogP contribution in [0.25, 0.3) is 0 Å². The summed E-state index contributed by atoms with van der Waals surface area (Å²) in [6.45, 7) is 8.69. The van der Waals surface area contributed by atoms with Gasteiger partial charge in [-0.1, -0.05) is 23.8 Å². The molecule has 0 radical (unpaired) electrons. The van der Waals surface area contributed by atoms with E-state index in [1.807, 2.05) is 13.8 Å². The zero-order valence-corrected chi connectivity index (χ0v) is 10.8. The van der Waals surface area contributed by atoms with Crippen LogP contribution in [0.3, 0.4) is 0 Å². The van der Waals surface area contributed by atoms with Crippen molar-refractivity contribution in [3.05, 3.63) is 40.9 Å². The SMILES string of the molecule is C=C(C)CN(CC)C(=O)c1ccc(O)c(Cl)c1. The molecule has 0 saturated heterocycles. The molecule has 0 heterocycles. The van der Waals surface area contributed by atoms with E-state index < -0.39 is 0 Å². The van der Waals surface area contributed by atoms with Crippen molar-refractivity contribution >= 4 is 17.5 Å². The number of nitrogens with zero attached hydrogens (tertiary/aromatic N) is 1. The number of hydrogen-bond acceptors (Lipinski definition) is 2. The van der Waals surface area contributed by atoms with Gasteiger partial charge in [-0.2, -0.15) is 0 Å². The molecule has 1 aromatic carbocycles. The second-order valence-electron chi connectivity index (χ2n) is 3.94. The quantitative estimate of drug-likeness (QED) is 0.838. The van der Waals surface area contributed by atoms with Crippen LogP contribution in [0.1, 0.15) is 24.2 Å². The number of benzene rings is 1. The van der Waals surface area contributed by atoms with Crippen LogP contribution in [-0.2, 0) is 0 Å². The van der Waals surface area contributed by atoms with E-state index in [2.05, 4.69) is 6.58 Å². The van der Waals surface area contributed by atoms with Crippen LogP contribution in [0.2, 0.25) is 5.02 Å². The van der Waals surface area contributed by atoms with E-state index >= 15 is 0 Å². The van der Waals surface area contributed by atoms with Crippen LogP contribution >= 0.6 is 11.6 Å². The van der Waals surface area contributed by atoms with Gasteiger partial charge >= 0.3 is 0 Å². The fourth-order valence-corrected chi connectivity index (χ4v) is 1.66. The number of phenolic OH excluding ortho intramolecular Hbond substituents is 1. The number of carbonyl (C=O) groups excluding carboxylic acids is 1. The van der Waals surface area contributed by atoms with E-state index in [1.165, 1.54) is 12.1 Å². The number of aromatic hydroxyl groups is 1. The molecule has 3 nitrogen and oxygen atoms in total. The van der Waals surface area contributed by atoms with Gasteiger partial charge in [-0.25, -0.2) is 0 Å². The molecule has 0 aromatic heterocycles. The van der Waals surface area contributed by atoms with Gasteiger partial charge in [-0.15, -0.1) is 0 Å². The Morgan fingerprint density at radius 1 is 1.53 bits per heavy atom. The lowest BCUT2D eigenvalue weighted by Crippen LogP contribution is -2.32. The number of amides is 1. The maximum Gasteiger partial charge on any atom is 0.254 e. The maximum atomic E-state index is 12.1. The number of likely N-dealkylation sites (N-methyl/N-ethyl adjacent to an activating group) is 1. The molecule has 1 N–H and O–H groups in total. The summed E-state index contributed by atoms with van der Waals surface area (Å²) in [6, 6.07) is 4.45. The van der Waals surface area contributed by atoms with Crippen molar-refractivity contribution in [2.24, 2.45) is 0 Å². The largest absolute Gasteiger partial charge is 0.506 e. The topological polar surface area (TPSA) is 40.5 Å². The zero-order valence-electron chi connectivity index (χ0n) is 10.0. The lowest BCUT2D eigenvalue weighted by Gasteiger charge is -2.21. The fraction of sp³-hybridized carbons (Fsp3) is 0.308. The predicted octanol–water partition coefficient (Wildman–Crippen LogP) is 3.08. The van der Waals surface area contributed by atoms with E-state index in [-0.39, 0.29) is 16.7 Å². The van der Waals surface area contributed by atoms with Gasteiger partial charge < -0.3 is 10.0 Å². The summed E-state index contributed by atoms with van der Waals surface area (Å²) in [7, 11) is 0. The Morgan fingerprint density at radius 2 is 2.18 bits per heavy atom. The first-order chi connectivity index (χ1) is 7.95. The highest BCUT2D eigenvalue weighted by Gasteiger charge is 2.15. The Bertz CT molecular complexity index is 443. The van der Waals surface area contributed by atoms with Crippen molar-refractivity contribution in [1.29, 1.82) is 0 Å². The number of carbonyl (C=O) groups is 1. The molecule has 0 aliphatic rings. The predicted molar refractivity (Wildman–Crippen MR) is 69.5 cm³/mol. The van der Waals surface area contributed by atoms with E-state index in [9.17, 15) is 9.90 Å². The Balaban J connectivity index is 2.93. The zero-order chi connectivity index (χ0) is 13.0. The summed E-state index contributed by atoms with van der Waals surface area (Å²) >= 11 is 5.77. The van der Waals surface area contributed by atoms with Gasteiger partial charge in [0, 0.05) is 18.7 Å². The molecule has 92 valence electrons. The van der Waals surface area contributed by atoms with Gasteiger partial charge in [0.1, 0.15) is 5.75 Å². The van der Waals surface area contributed by atoms with Crippen LogP contribution in [0.15, 0.2) is 30.4 Å². The minimum absolute atomic E-state index is 0.0221. The van der Waals surface area contributed by atoms with Crippen molar-refractivity contribution in [3.8, 4) is 5.75 Å². The standard InChI is InChI=1S/C13H16ClNO2/c1-4-15(8-9(2)3)13(17)10-5-6-12(16)11(14)7-10/h5-7,16H,2,4,8H2,1,3H3. The average molecular weight is 254 g/mol. The Kier molecular flexibility index (Phi) is 4.58. The summed E-state index contributed by atoms with van der Waals surface area (Å²) in [5, 5.41) is 9.48. The third-order valence-corrected chi connectivity index (χ3v) is 2.63. The van der Waals surface area contributed by atoms with Crippen LogP contribution in [0.5, 0.6) is 5.75 Å². The second-order valence-corrected chi connectivity index (χ2v) is 4.35. The molecule has 0 fully saturated rings. The summed E-state index contributed by atoms with van der Waals surface area (Å²) < 4.78 is 0. The van der Waals surface area contributed by atoms with Gasteiger partial charge in [0.2, 0.25) is 0 Å². The van der Waals surface area contributed by atoms with E-state index in [4.69, 9.17) is 11.6 Å². The molecule has 0 aliphatic heterocycles. The van der Waals surface area contributed by atoms with Crippen LogP contribution in [0.4, 0.5) is 0 Å². The monoisotopic (exact) mass is 253 g/mol. The van der Waals surface area contributed by atoms with Gasteiger partial charge in [-0.3, -0.25) is 4.79 Å². The van der Waals surface area contributed by atoms with Crippen molar-refractivity contribution in [3.63, 3.8) is 0 Å². The Labute approximate surface area is 106 Å². The molecular weight excluding hydrogens is 238 g/mol. The molecule has 17 heavy (non-hydrogen) atoms. The summed E-state index contributed by atoms with van der Waals surface area (Å²) in [4.78, 5) is 13.8. The van der Waals surface area contributed by atoms with Gasteiger partial charge in [0.05, 0.1) is 5.02 Å². The smallest absolute Gasteiger partial charge is 0.254 e. The number of rotatable bonds is 4. The molecule has 4 heteroatoms. The molecule has 1 amide bonds. The normalized spacial score (nSPS) is 10.1. The molecule has 0 saturated carbocycles. The third-order valence-electron chi connectivity index (χ3n) is 2.32. The van der Waals surface area contributed by atoms with Crippen molar-refractivity contribution in [1.82, 2.24) is 4.90 Å². The third kappa shape index (κ3) is 3.49. The van der Waals surface area contributed by atoms with Crippen molar-refractivity contribution in [2.75, 3.05) is 13.1 Å². The summed E-state index contributed by atoms with van der Waals surface area (Å²) in [6.07, 6.45) is 0. The minimum Gasteiger partial charge on any atom is -0.506 e. The maximum absolute atomic E-state index is 12.1. The number of hydrogen-bond donors (Lipinski definition) is 1. The van der Waals surface area contributed by atoms with E-state index in [0.717, 1.165) is 5.57 Å². The first-order valence-corrected chi connectivity index (χ1v) is 5.75. The number of phenols is 1. The lowest BCUT2D eigenvalue weighted by atomic mass is 10.1. The highest BCUT2D eigenvalue weighted by atomic mass is 35.5. The van der Waals surface area contributed by atoms with E-state index in [0.29, 0.717) is 18.7 Å². The molecule has 0 bridgehead atoms. The van der Waals surface area contributed by atoms with Crippen molar-refractivity contribution < 1.29 is 9.90 Å². The minimum atomic E-state index is -0.114. The van der Waals surface area contributed by atoms with Gasteiger partial charge in [0.15, 0.2) is 0 Å². The van der Waals surface area contributed by atoms with Crippen LogP contribution in [-0.4, -0.2) is 29.0 Å². The molecule has 0 spiro atoms. The van der Waals surface area contributed by atoms with Crippen LogP contribution < -0.4 is 0 Å². The van der Waals surface area contributed by atoms with Crippen molar-refractivity contribution in [2.45, 2.75) is 13.8 Å². The Hall–Kier alpha value is -1.48. The molecule has 0 aliphatic carbocycles. The summed E-state index contributed by atoms with van der Waals surface area (Å²) in [5.74, 6) is -0.136. The number of halogens is 1. The average Bonchev–Trinajstić information content (AvgIpc) is 2.28. The lowest BCUT2D eigenvalue weighted by molar-refractivity contribution is 0.0778. The van der Waals surface area contributed by atoms with Crippen LogP contribution in [0, 0.1) is 0 Å². The van der Waals surface area contributed by atoms with E-state index in [1.54, 1.807) is 11.0 Å². The first kappa shape index (κ1) is 13.6. The molecule has 0 unspecified atom stereocenters. The molecular formula is C13H16ClNO2. The van der Waals surface area contributed by atoms with Gasteiger partial charge in [-0.05, 0) is 32.0 Å². The molecule has 1 rings (SSSR count). The highest BCUT2D eigenvalue weighted by molar-refractivity contribution is 6.32.